The van der Waals surface area contributed by atoms with Gasteiger partial charge in [0.2, 0.25) is 0 Å². The summed E-state index contributed by atoms with van der Waals surface area (Å²) in [6, 6.07) is 2.43. The summed E-state index contributed by atoms with van der Waals surface area (Å²) in [7, 11) is 1.26. The van der Waals surface area contributed by atoms with E-state index in [4.69, 9.17) is 4.74 Å². The predicted octanol–water partition coefficient (Wildman–Crippen LogP) is 1.66. The van der Waals surface area contributed by atoms with E-state index in [0.717, 1.165) is 0 Å². The molecule has 0 radical (unpaired) electrons. The van der Waals surface area contributed by atoms with E-state index in [9.17, 15) is 14.4 Å². The first-order chi connectivity index (χ1) is 11.4. The normalized spacial score (nSPS) is 11.7. The molecule has 0 aliphatic carbocycles. The molecule has 0 saturated heterocycles. The van der Waals surface area contributed by atoms with Crippen LogP contribution >= 0.6 is 11.8 Å². The number of rotatable bonds is 8. The van der Waals surface area contributed by atoms with Gasteiger partial charge in [-0.15, -0.1) is 11.8 Å². The average Bonchev–Trinajstić information content (AvgIpc) is 2.57. The summed E-state index contributed by atoms with van der Waals surface area (Å²) < 4.78 is 9.66. The van der Waals surface area contributed by atoms with Crippen LogP contribution in [0.1, 0.15) is 30.6 Å². The molecule has 8 heteroatoms. The number of thioether (sulfide) groups is 1. The molecule has 1 atom stereocenters. The molecular weight excluding hydrogens is 332 g/mol. The van der Waals surface area contributed by atoms with Crippen molar-refractivity contribution in [3.05, 3.63) is 23.9 Å². The highest BCUT2D eigenvalue weighted by atomic mass is 32.2. The van der Waals surface area contributed by atoms with Crippen molar-refractivity contribution in [1.29, 1.82) is 0 Å². The second-order valence-electron chi connectivity index (χ2n) is 5.41. The summed E-state index contributed by atoms with van der Waals surface area (Å²) in [5.74, 6) is -1.54. The Morgan fingerprint density at radius 1 is 1.33 bits per heavy atom. The first-order valence-electron chi connectivity index (χ1n) is 7.42. The molecule has 1 rings (SSSR count). The van der Waals surface area contributed by atoms with E-state index < -0.39 is 30.5 Å². The number of methoxy groups -OCH3 is 1. The number of hydrogen-bond acceptors (Lipinski definition) is 7. The Bertz CT molecular complexity index is 592. The summed E-state index contributed by atoms with van der Waals surface area (Å²) in [5.41, 5.74) is 0.296. The van der Waals surface area contributed by atoms with Crippen LogP contribution in [-0.4, -0.2) is 48.8 Å². The summed E-state index contributed by atoms with van der Waals surface area (Å²) in [4.78, 5) is 39.7. The van der Waals surface area contributed by atoms with Gasteiger partial charge in [0.15, 0.2) is 6.61 Å². The van der Waals surface area contributed by atoms with Crippen molar-refractivity contribution in [2.45, 2.75) is 31.3 Å². The van der Waals surface area contributed by atoms with Gasteiger partial charge >= 0.3 is 11.9 Å². The van der Waals surface area contributed by atoms with Gasteiger partial charge in [-0.1, -0.05) is 13.8 Å². The van der Waals surface area contributed by atoms with Crippen molar-refractivity contribution in [3.63, 3.8) is 0 Å². The van der Waals surface area contributed by atoms with Crippen LogP contribution in [0.15, 0.2) is 23.4 Å². The standard InChI is InChI=1S/C16H22N2O5S/c1-10(2)8-12(16(21)22-3)18-13(19)9-23-15(20)11-6-5-7-17-14(11)24-4/h5-7,10,12H,8-9H2,1-4H3,(H,18,19)/t12-/m1/s1. The van der Waals surface area contributed by atoms with E-state index >= 15 is 0 Å². The number of nitrogens with zero attached hydrogens (tertiary/aromatic N) is 1. The Morgan fingerprint density at radius 2 is 2.04 bits per heavy atom. The molecule has 132 valence electrons. The Balaban J connectivity index is 2.61. The number of amides is 1. The molecule has 1 aromatic rings. The molecule has 0 saturated carbocycles. The summed E-state index contributed by atoms with van der Waals surface area (Å²) in [6.45, 7) is 3.37. The van der Waals surface area contributed by atoms with Crippen LogP contribution in [0.4, 0.5) is 0 Å². The molecule has 0 aliphatic rings. The molecule has 0 fully saturated rings. The Kier molecular flexibility index (Phi) is 8.25. The van der Waals surface area contributed by atoms with E-state index in [-0.39, 0.29) is 5.92 Å². The second kappa shape index (κ2) is 9.92. The molecule has 0 bridgehead atoms. The number of nitrogens with one attached hydrogen (secondary N) is 1. The lowest BCUT2D eigenvalue weighted by atomic mass is 10.0. The topological polar surface area (TPSA) is 94.6 Å². The fourth-order valence-electron chi connectivity index (χ4n) is 1.98. The van der Waals surface area contributed by atoms with Gasteiger partial charge in [0.25, 0.3) is 5.91 Å². The van der Waals surface area contributed by atoms with Gasteiger partial charge < -0.3 is 14.8 Å². The zero-order valence-corrected chi connectivity index (χ0v) is 15.0. The van der Waals surface area contributed by atoms with E-state index in [1.54, 1.807) is 24.6 Å². The number of pyridine rings is 1. The lowest BCUT2D eigenvalue weighted by Crippen LogP contribution is -2.44. The Morgan fingerprint density at radius 3 is 2.62 bits per heavy atom. The van der Waals surface area contributed by atoms with E-state index in [0.29, 0.717) is 17.0 Å². The maximum absolute atomic E-state index is 12.0. The van der Waals surface area contributed by atoms with Gasteiger partial charge in [0.1, 0.15) is 11.1 Å². The van der Waals surface area contributed by atoms with Crippen molar-refractivity contribution in [2.24, 2.45) is 5.92 Å². The fraction of sp³-hybridized carbons (Fsp3) is 0.500. The largest absolute Gasteiger partial charge is 0.467 e. The molecule has 1 N–H and O–H groups in total. The number of aromatic nitrogens is 1. The number of carbonyl (C=O) groups is 3. The molecule has 0 aliphatic heterocycles. The molecule has 0 unspecified atom stereocenters. The smallest absolute Gasteiger partial charge is 0.341 e. The van der Waals surface area contributed by atoms with Crippen molar-refractivity contribution < 1.29 is 23.9 Å². The minimum Gasteiger partial charge on any atom is -0.467 e. The van der Waals surface area contributed by atoms with Gasteiger partial charge in [-0.05, 0) is 30.7 Å². The summed E-state index contributed by atoms with van der Waals surface area (Å²) >= 11 is 1.31. The van der Waals surface area contributed by atoms with Crippen LogP contribution in [0.3, 0.4) is 0 Å². The van der Waals surface area contributed by atoms with Crippen molar-refractivity contribution >= 4 is 29.6 Å². The molecule has 0 aromatic carbocycles. The fourth-order valence-corrected chi connectivity index (χ4v) is 2.52. The lowest BCUT2D eigenvalue weighted by molar-refractivity contribution is -0.145. The van der Waals surface area contributed by atoms with Crippen LogP contribution in [0.25, 0.3) is 0 Å². The predicted molar refractivity (Wildman–Crippen MR) is 89.7 cm³/mol. The van der Waals surface area contributed by atoms with Gasteiger partial charge in [0, 0.05) is 6.20 Å². The molecule has 1 aromatic heterocycles. The zero-order chi connectivity index (χ0) is 18.1. The third kappa shape index (κ3) is 6.19. The number of esters is 2. The van der Waals surface area contributed by atoms with Crippen LogP contribution < -0.4 is 5.32 Å². The molecule has 1 heterocycles. The highest BCUT2D eigenvalue weighted by Gasteiger charge is 2.23. The van der Waals surface area contributed by atoms with Gasteiger partial charge in [-0.3, -0.25) is 4.79 Å². The third-order valence-electron chi connectivity index (χ3n) is 3.05. The van der Waals surface area contributed by atoms with Gasteiger partial charge in [0.05, 0.1) is 12.7 Å². The quantitative estimate of drug-likeness (QED) is 0.560. The molecule has 7 nitrogen and oxygen atoms in total. The Hall–Kier alpha value is -2.09. The van der Waals surface area contributed by atoms with Crippen molar-refractivity contribution in [1.82, 2.24) is 10.3 Å². The van der Waals surface area contributed by atoms with Crippen molar-refractivity contribution in [3.8, 4) is 0 Å². The second-order valence-corrected chi connectivity index (χ2v) is 6.20. The van der Waals surface area contributed by atoms with Crippen LogP contribution in [0.5, 0.6) is 0 Å². The Labute approximate surface area is 145 Å². The van der Waals surface area contributed by atoms with Crippen LogP contribution in [0.2, 0.25) is 0 Å². The lowest BCUT2D eigenvalue weighted by Gasteiger charge is -2.18. The number of hydrogen-bond donors (Lipinski definition) is 1. The number of ether oxygens (including phenoxy) is 2. The molecular formula is C16H22N2O5S. The molecule has 0 spiro atoms. The first-order valence-corrected chi connectivity index (χ1v) is 8.64. The maximum atomic E-state index is 12.0. The SMILES string of the molecule is COC(=O)[C@@H](CC(C)C)NC(=O)COC(=O)c1cccnc1SC. The van der Waals surface area contributed by atoms with Crippen molar-refractivity contribution in [2.75, 3.05) is 20.0 Å². The average molecular weight is 354 g/mol. The van der Waals surface area contributed by atoms with Crippen LogP contribution in [-0.2, 0) is 19.1 Å². The molecule has 1 amide bonds. The van der Waals surface area contributed by atoms with E-state index in [1.807, 2.05) is 13.8 Å². The van der Waals surface area contributed by atoms with Gasteiger partial charge in [-0.25, -0.2) is 14.6 Å². The summed E-state index contributed by atoms with van der Waals surface area (Å²) in [6.07, 6.45) is 3.80. The number of carbonyl (C=O) groups excluding carboxylic acids is 3. The van der Waals surface area contributed by atoms with E-state index in [1.165, 1.54) is 18.9 Å². The highest BCUT2D eigenvalue weighted by Crippen LogP contribution is 2.17. The van der Waals surface area contributed by atoms with Gasteiger partial charge in [-0.2, -0.15) is 0 Å². The molecule has 24 heavy (non-hydrogen) atoms. The minimum atomic E-state index is -0.763. The monoisotopic (exact) mass is 354 g/mol. The van der Waals surface area contributed by atoms with E-state index in [2.05, 4.69) is 15.0 Å². The maximum Gasteiger partial charge on any atom is 0.341 e. The first kappa shape index (κ1) is 20.0. The highest BCUT2D eigenvalue weighted by molar-refractivity contribution is 7.98. The zero-order valence-electron chi connectivity index (χ0n) is 14.2. The minimum absolute atomic E-state index is 0.191. The third-order valence-corrected chi connectivity index (χ3v) is 3.76. The summed E-state index contributed by atoms with van der Waals surface area (Å²) in [5, 5.41) is 3.05. The van der Waals surface area contributed by atoms with Crippen LogP contribution in [0, 0.1) is 5.92 Å².